The number of alkyl halides is 1. The Morgan fingerprint density at radius 3 is 2.61 bits per heavy atom. The van der Waals surface area contributed by atoms with Crippen LogP contribution in [0, 0.1) is 5.82 Å². The highest BCUT2D eigenvalue weighted by Crippen LogP contribution is 2.30. The second-order valence-electron chi connectivity index (χ2n) is 7.61. The molecule has 3 aromatic rings. The van der Waals surface area contributed by atoms with Crippen LogP contribution in [0.4, 0.5) is 8.78 Å². The smallest absolute Gasteiger partial charge is 0.181 e. The van der Waals surface area contributed by atoms with Gasteiger partial charge in [0.05, 0.1) is 34.5 Å². The van der Waals surface area contributed by atoms with Crippen molar-refractivity contribution in [1.29, 1.82) is 0 Å². The first-order chi connectivity index (χ1) is 15.6. The number of ether oxygens (including phenoxy) is 1. The Labute approximate surface area is 191 Å². The molecule has 0 saturated heterocycles. The first-order valence-corrected chi connectivity index (χ1v) is 11.6. The Balaban J connectivity index is 1.95. The molecule has 0 radical (unpaired) electrons. The zero-order valence-electron chi connectivity index (χ0n) is 18.7. The Morgan fingerprint density at radius 1 is 1.24 bits per heavy atom. The van der Waals surface area contributed by atoms with Gasteiger partial charge in [0.2, 0.25) is 0 Å². The molecule has 0 bridgehead atoms. The third-order valence-corrected chi connectivity index (χ3v) is 8.46. The summed E-state index contributed by atoms with van der Waals surface area (Å²) in [6, 6.07) is 9.45. The molecule has 1 atom stereocenters. The summed E-state index contributed by atoms with van der Waals surface area (Å²) < 4.78 is 54.3. The maximum Gasteiger partial charge on any atom is 0.181 e. The molecular weight excluding hydrogens is 452 g/mol. The van der Waals surface area contributed by atoms with E-state index >= 15 is 0 Å². The number of methoxy groups -OCH3 is 1. The number of pyridine rings is 1. The third kappa shape index (κ3) is 4.87. The minimum Gasteiger partial charge on any atom is -0.495 e. The molecular formula is C22H25F2N5O3S. The van der Waals surface area contributed by atoms with E-state index in [9.17, 15) is 13.0 Å². The molecule has 176 valence electrons. The van der Waals surface area contributed by atoms with Gasteiger partial charge >= 0.3 is 0 Å². The number of nitrogens with two attached hydrogens (primary N) is 1. The van der Waals surface area contributed by atoms with E-state index < -0.39 is 27.1 Å². The summed E-state index contributed by atoms with van der Waals surface area (Å²) in [6.45, 7) is 2.04. The summed E-state index contributed by atoms with van der Waals surface area (Å²) in [7, 11) is -0.245. The van der Waals surface area contributed by atoms with Crippen molar-refractivity contribution in [2.24, 2.45) is 15.1 Å². The van der Waals surface area contributed by atoms with Crippen LogP contribution in [0.5, 0.6) is 5.75 Å². The molecule has 2 N–H and O–H groups in total. The monoisotopic (exact) mass is 477 g/mol. The highest BCUT2D eigenvalue weighted by Gasteiger charge is 2.36. The minimum absolute atomic E-state index is 0.143. The van der Waals surface area contributed by atoms with Crippen LogP contribution in [0.3, 0.4) is 0 Å². The van der Waals surface area contributed by atoms with Crippen molar-refractivity contribution in [2.45, 2.75) is 24.3 Å². The Hall–Kier alpha value is -3.34. The summed E-state index contributed by atoms with van der Waals surface area (Å²) in [5, 5.41) is 4.03. The van der Waals surface area contributed by atoms with Crippen molar-refractivity contribution in [3.8, 4) is 28.5 Å². The fourth-order valence-electron chi connectivity index (χ4n) is 3.13. The number of nitrogens with zero attached hydrogens (tertiary/aromatic N) is 4. The SMILES string of the molecule is CN=S(=O)(Cc1cc(-c2cc(-c3ccc(OC)cn3)no2)ccc1F)C(C)(C)/C(N)=N\CF. The predicted octanol–water partition coefficient (Wildman–Crippen LogP) is 4.21. The average Bonchev–Trinajstić information content (AvgIpc) is 3.30. The number of hydrogen-bond acceptors (Lipinski definition) is 7. The summed E-state index contributed by atoms with van der Waals surface area (Å²) >= 11 is 0. The van der Waals surface area contributed by atoms with Crippen molar-refractivity contribution < 1.29 is 22.2 Å². The summed E-state index contributed by atoms with van der Waals surface area (Å²) in [5.41, 5.74) is 7.59. The lowest BCUT2D eigenvalue weighted by Crippen LogP contribution is -2.46. The van der Waals surface area contributed by atoms with Gasteiger partial charge in [-0.1, -0.05) is 5.16 Å². The van der Waals surface area contributed by atoms with Gasteiger partial charge in [-0.05, 0) is 44.2 Å². The third-order valence-electron chi connectivity index (χ3n) is 5.37. The molecule has 11 heteroatoms. The molecule has 1 aromatic carbocycles. The zero-order chi connectivity index (χ0) is 24.2. The van der Waals surface area contributed by atoms with Crippen molar-refractivity contribution in [3.05, 3.63) is 54.0 Å². The van der Waals surface area contributed by atoms with Crippen LogP contribution in [0.15, 0.2) is 56.5 Å². The molecule has 2 heterocycles. The zero-order valence-corrected chi connectivity index (χ0v) is 19.5. The molecule has 0 saturated carbocycles. The molecule has 2 aromatic heterocycles. The number of amidine groups is 1. The van der Waals surface area contributed by atoms with Gasteiger partial charge in [-0.15, -0.1) is 0 Å². The predicted molar refractivity (Wildman–Crippen MR) is 124 cm³/mol. The summed E-state index contributed by atoms with van der Waals surface area (Å²) in [6.07, 6.45) is 1.56. The molecule has 0 aliphatic rings. The average molecular weight is 478 g/mol. The Morgan fingerprint density at radius 2 is 2.00 bits per heavy atom. The van der Waals surface area contributed by atoms with Crippen LogP contribution in [-0.2, 0) is 15.5 Å². The number of hydrogen-bond donors (Lipinski definition) is 1. The van der Waals surface area contributed by atoms with Crippen LogP contribution in [-0.4, -0.2) is 45.9 Å². The molecule has 8 nitrogen and oxygen atoms in total. The van der Waals surface area contributed by atoms with Crippen LogP contribution in [0.1, 0.15) is 19.4 Å². The van der Waals surface area contributed by atoms with Gasteiger partial charge in [-0.25, -0.2) is 22.3 Å². The maximum absolute atomic E-state index is 14.7. The van der Waals surface area contributed by atoms with Crippen molar-refractivity contribution in [3.63, 3.8) is 0 Å². The first-order valence-electron chi connectivity index (χ1n) is 9.90. The molecule has 0 amide bonds. The van der Waals surface area contributed by atoms with Crippen LogP contribution in [0.2, 0.25) is 0 Å². The van der Waals surface area contributed by atoms with E-state index in [1.807, 2.05) is 0 Å². The maximum atomic E-state index is 14.7. The molecule has 0 aliphatic carbocycles. The van der Waals surface area contributed by atoms with Gasteiger partial charge in [0.15, 0.2) is 12.6 Å². The van der Waals surface area contributed by atoms with E-state index in [0.29, 0.717) is 28.5 Å². The molecule has 0 fully saturated rings. The van der Waals surface area contributed by atoms with E-state index in [2.05, 4.69) is 19.5 Å². The van der Waals surface area contributed by atoms with Crippen molar-refractivity contribution in [1.82, 2.24) is 10.1 Å². The second kappa shape index (κ2) is 9.65. The highest BCUT2D eigenvalue weighted by atomic mass is 32.2. The number of halogens is 2. The van der Waals surface area contributed by atoms with Gasteiger partial charge in [0.25, 0.3) is 0 Å². The van der Waals surface area contributed by atoms with Gasteiger partial charge in [-0.3, -0.25) is 4.98 Å². The highest BCUT2D eigenvalue weighted by molar-refractivity contribution is 7.95. The Kier molecular flexibility index (Phi) is 7.11. The largest absolute Gasteiger partial charge is 0.495 e. The minimum atomic E-state index is -3.15. The molecule has 1 unspecified atom stereocenters. The molecule has 0 spiro atoms. The molecule has 0 aliphatic heterocycles. The van der Waals surface area contributed by atoms with Crippen LogP contribution >= 0.6 is 0 Å². The number of benzene rings is 1. The van der Waals surface area contributed by atoms with E-state index in [4.69, 9.17) is 15.0 Å². The normalized spacial score (nSPS) is 14.1. The van der Waals surface area contributed by atoms with E-state index in [1.165, 1.54) is 25.2 Å². The number of aliphatic imine (C=N–C) groups is 1. The lowest BCUT2D eigenvalue weighted by molar-refractivity contribution is 0.413. The van der Waals surface area contributed by atoms with E-state index in [1.54, 1.807) is 45.4 Å². The topological polar surface area (TPSA) is 116 Å². The van der Waals surface area contributed by atoms with Crippen LogP contribution < -0.4 is 10.5 Å². The van der Waals surface area contributed by atoms with E-state index in [0.717, 1.165) is 0 Å². The Bertz CT molecular complexity index is 1280. The quantitative estimate of drug-likeness (QED) is 0.295. The van der Waals surface area contributed by atoms with Gasteiger partial charge in [0.1, 0.15) is 27.8 Å². The molecule has 33 heavy (non-hydrogen) atoms. The lowest BCUT2D eigenvalue weighted by atomic mass is 10.1. The fourth-order valence-corrected chi connectivity index (χ4v) is 5.11. The van der Waals surface area contributed by atoms with Gasteiger partial charge < -0.3 is 15.0 Å². The first kappa shape index (κ1) is 24.3. The summed E-state index contributed by atoms with van der Waals surface area (Å²) in [5.74, 6) is 0.0180. The lowest BCUT2D eigenvalue weighted by Gasteiger charge is -2.28. The second-order valence-corrected chi connectivity index (χ2v) is 10.6. The fraction of sp³-hybridized carbons (Fsp3) is 0.318. The number of aromatic nitrogens is 2. The van der Waals surface area contributed by atoms with Gasteiger partial charge in [-0.2, -0.15) is 0 Å². The van der Waals surface area contributed by atoms with Crippen molar-refractivity contribution in [2.75, 3.05) is 21.0 Å². The summed E-state index contributed by atoms with van der Waals surface area (Å²) in [4.78, 5) is 7.81. The molecule has 3 rings (SSSR count). The van der Waals surface area contributed by atoms with Crippen LogP contribution in [0.25, 0.3) is 22.7 Å². The standard InChI is InChI=1S/C22H25F2N5O3S/c1-22(2,21(25)28-13-23)33(30,26-3)12-15-9-14(5-7-17(15)24)20-10-19(29-32-20)18-8-6-16(31-4)11-27-18/h5-11H,12-13H2,1-4H3,(H2,25,28). The van der Waals surface area contributed by atoms with Crippen molar-refractivity contribution >= 4 is 15.6 Å². The van der Waals surface area contributed by atoms with Gasteiger partial charge in [0, 0.05) is 24.2 Å². The number of rotatable bonds is 8. The van der Waals surface area contributed by atoms with E-state index in [-0.39, 0.29) is 17.2 Å².